The lowest BCUT2D eigenvalue weighted by Gasteiger charge is -2.21. The molecular weight excluding hydrogens is 296 g/mol. The van der Waals surface area contributed by atoms with E-state index in [-0.39, 0.29) is 12.1 Å². The van der Waals surface area contributed by atoms with E-state index in [1.54, 1.807) is 12.1 Å². The maximum absolute atomic E-state index is 11.1. The highest BCUT2D eigenvalue weighted by atomic mass is 16.6. The fraction of sp³-hybridized carbons (Fsp3) is 0.471. The molecule has 0 fully saturated rings. The minimum Gasteiger partial charge on any atom is -0.481 e. The smallest absolute Gasteiger partial charge is 0.308 e. The first-order valence-corrected chi connectivity index (χ1v) is 7.79. The molecular formula is C17H24N2O4. The second-order valence-electron chi connectivity index (χ2n) is 5.41. The average molecular weight is 320 g/mol. The van der Waals surface area contributed by atoms with E-state index in [0.29, 0.717) is 12.0 Å². The first-order valence-electron chi connectivity index (χ1n) is 7.79. The van der Waals surface area contributed by atoms with Crippen molar-refractivity contribution in [2.75, 3.05) is 19.6 Å². The number of carboxylic acid groups (broad SMARTS) is 1. The lowest BCUT2D eigenvalue weighted by atomic mass is 9.99. The molecule has 1 rings (SSSR count). The van der Waals surface area contributed by atoms with Gasteiger partial charge in [0, 0.05) is 24.7 Å². The highest BCUT2D eigenvalue weighted by molar-refractivity contribution is 5.73. The molecule has 0 unspecified atom stereocenters. The Hall–Kier alpha value is -2.21. The summed E-state index contributed by atoms with van der Waals surface area (Å²) >= 11 is 0. The van der Waals surface area contributed by atoms with Gasteiger partial charge in [-0.15, -0.1) is 6.58 Å². The van der Waals surface area contributed by atoms with Crippen LogP contribution < -0.4 is 0 Å². The Balaban J connectivity index is 2.92. The van der Waals surface area contributed by atoms with Crippen molar-refractivity contribution in [1.82, 2.24) is 4.90 Å². The summed E-state index contributed by atoms with van der Waals surface area (Å²) in [5, 5.41) is 20.2. The molecule has 1 aromatic carbocycles. The molecule has 0 spiro atoms. The number of aliphatic carboxylic acids is 1. The first-order chi connectivity index (χ1) is 11.0. The van der Waals surface area contributed by atoms with E-state index in [1.807, 2.05) is 6.08 Å². The van der Waals surface area contributed by atoms with E-state index in [9.17, 15) is 14.9 Å². The number of nitro benzene ring substituents is 1. The molecule has 0 aliphatic heterocycles. The number of carboxylic acids is 1. The summed E-state index contributed by atoms with van der Waals surface area (Å²) in [5.41, 5.74) is 0.935. The van der Waals surface area contributed by atoms with Crippen LogP contribution in [0.3, 0.4) is 0 Å². The monoisotopic (exact) mass is 320 g/mol. The van der Waals surface area contributed by atoms with Crippen molar-refractivity contribution in [2.45, 2.75) is 32.6 Å². The molecule has 0 aliphatic rings. The molecule has 0 radical (unpaired) electrons. The number of hydrogen-bond acceptors (Lipinski definition) is 4. The summed E-state index contributed by atoms with van der Waals surface area (Å²) in [5.74, 6) is -1.06. The molecule has 1 aromatic rings. The predicted molar refractivity (Wildman–Crippen MR) is 89.7 cm³/mol. The van der Waals surface area contributed by atoms with E-state index in [1.165, 1.54) is 6.07 Å². The van der Waals surface area contributed by atoms with Crippen molar-refractivity contribution in [1.29, 1.82) is 0 Å². The molecule has 6 nitrogen and oxygen atoms in total. The molecule has 0 heterocycles. The van der Waals surface area contributed by atoms with Gasteiger partial charge in [0.15, 0.2) is 0 Å². The van der Waals surface area contributed by atoms with E-state index >= 15 is 0 Å². The SMILES string of the molecule is C=CCCN(CCC)CCc1cccc([N+](=O)[O-])c1CC(=O)O. The normalized spacial score (nSPS) is 10.7. The third kappa shape index (κ3) is 6.20. The number of nitro groups is 1. The van der Waals surface area contributed by atoms with E-state index in [0.717, 1.165) is 38.0 Å². The van der Waals surface area contributed by atoms with Crippen LogP contribution in [0.1, 0.15) is 30.9 Å². The average Bonchev–Trinajstić information content (AvgIpc) is 2.50. The zero-order valence-electron chi connectivity index (χ0n) is 13.5. The fourth-order valence-corrected chi connectivity index (χ4v) is 2.59. The quantitative estimate of drug-likeness (QED) is 0.385. The van der Waals surface area contributed by atoms with Crippen LogP contribution in [0.2, 0.25) is 0 Å². The zero-order valence-corrected chi connectivity index (χ0v) is 13.5. The largest absolute Gasteiger partial charge is 0.481 e. The molecule has 0 amide bonds. The van der Waals surface area contributed by atoms with Crippen molar-refractivity contribution >= 4 is 11.7 Å². The highest BCUT2D eigenvalue weighted by Gasteiger charge is 2.20. The van der Waals surface area contributed by atoms with Gasteiger partial charge in [-0.2, -0.15) is 0 Å². The summed E-state index contributed by atoms with van der Waals surface area (Å²) < 4.78 is 0. The molecule has 0 bridgehead atoms. The second kappa shape index (κ2) is 9.74. The number of nitrogens with zero attached hydrogens (tertiary/aromatic N) is 2. The molecule has 1 N–H and O–H groups in total. The van der Waals surface area contributed by atoms with E-state index in [4.69, 9.17) is 5.11 Å². The Kier molecular flexibility index (Phi) is 7.97. The topological polar surface area (TPSA) is 83.7 Å². The fourth-order valence-electron chi connectivity index (χ4n) is 2.59. The summed E-state index contributed by atoms with van der Waals surface area (Å²) in [7, 11) is 0. The summed E-state index contributed by atoms with van der Waals surface area (Å²) in [4.78, 5) is 23.9. The molecule has 6 heteroatoms. The van der Waals surface area contributed by atoms with Crippen LogP contribution in [-0.2, 0) is 17.6 Å². The summed E-state index contributed by atoms with van der Waals surface area (Å²) in [6.07, 6.45) is 4.05. The van der Waals surface area contributed by atoms with Crippen LogP contribution in [0.25, 0.3) is 0 Å². The Morgan fingerprint density at radius 3 is 2.70 bits per heavy atom. The van der Waals surface area contributed by atoms with Gasteiger partial charge in [0.2, 0.25) is 0 Å². The maximum Gasteiger partial charge on any atom is 0.308 e. The van der Waals surface area contributed by atoms with Gasteiger partial charge >= 0.3 is 5.97 Å². The van der Waals surface area contributed by atoms with Crippen molar-refractivity contribution in [3.63, 3.8) is 0 Å². The molecule has 126 valence electrons. The zero-order chi connectivity index (χ0) is 17.2. The second-order valence-corrected chi connectivity index (χ2v) is 5.41. The van der Waals surface area contributed by atoms with Gasteiger partial charge in [-0.1, -0.05) is 25.1 Å². The third-order valence-corrected chi connectivity index (χ3v) is 3.66. The van der Waals surface area contributed by atoms with Gasteiger partial charge in [-0.05, 0) is 31.4 Å². The Bertz CT molecular complexity index is 558. The van der Waals surface area contributed by atoms with Gasteiger partial charge in [-0.25, -0.2) is 0 Å². The van der Waals surface area contributed by atoms with Crippen LogP contribution in [0.15, 0.2) is 30.9 Å². The molecule has 0 atom stereocenters. The number of rotatable bonds is 11. The number of hydrogen-bond donors (Lipinski definition) is 1. The number of carbonyl (C=O) groups is 1. The van der Waals surface area contributed by atoms with Crippen LogP contribution in [0.4, 0.5) is 5.69 Å². The van der Waals surface area contributed by atoms with E-state index in [2.05, 4.69) is 18.4 Å². The third-order valence-electron chi connectivity index (χ3n) is 3.66. The Labute approximate surface area is 136 Å². The van der Waals surface area contributed by atoms with Crippen LogP contribution in [0.5, 0.6) is 0 Å². The Morgan fingerprint density at radius 1 is 1.39 bits per heavy atom. The van der Waals surface area contributed by atoms with Crippen molar-refractivity contribution in [3.05, 3.63) is 52.1 Å². The van der Waals surface area contributed by atoms with Crippen LogP contribution in [0, 0.1) is 10.1 Å². The standard InChI is InChI=1S/C17H24N2O4/c1-3-5-11-18(10-4-2)12-9-14-7-6-8-16(19(22)23)15(14)13-17(20)21/h3,6-8H,1,4-5,9-13H2,2H3,(H,20,21). The molecule has 0 saturated carbocycles. The van der Waals surface area contributed by atoms with Gasteiger partial charge in [0.05, 0.1) is 11.3 Å². The van der Waals surface area contributed by atoms with Gasteiger partial charge in [-0.3, -0.25) is 14.9 Å². The van der Waals surface area contributed by atoms with Gasteiger partial charge in [0.25, 0.3) is 5.69 Å². The first kappa shape index (κ1) is 18.8. The van der Waals surface area contributed by atoms with Crippen molar-refractivity contribution < 1.29 is 14.8 Å². The maximum atomic E-state index is 11.1. The van der Waals surface area contributed by atoms with Crippen LogP contribution in [-0.4, -0.2) is 40.5 Å². The summed E-state index contributed by atoms with van der Waals surface area (Å²) in [6, 6.07) is 4.76. The Morgan fingerprint density at radius 2 is 2.13 bits per heavy atom. The number of benzene rings is 1. The lowest BCUT2D eigenvalue weighted by Crippen LogP contribution is -2.28. The summed E-state index contributed by atoms with van der Waals surface area (Å²) in [6.45, 7) is 8.40. The predicted octanol–water partition coefficient (Wildman–Crippen LogP) is 3.05. The van der Waals surface area contributed by atoms with Crippen LogP contribution >= 0.6 is 0 Å². The molecule has 0 saturated heterocycles. The van der Waals surface area contributed by atoms with Gasteiger partial charge in [0.1, 0.15) is 0 Å². The van der Waals surface area contributed by atoms with Crippen molar-refractivity contribution in [2.24, 2.45) is 0 Å². The minimum atomic E-state index is -1.06. The minimum absolute atomic E-state index is 0.113. The lowest BCUT2D eigenvalue weighted by molar-refractivity contribution is -0.385. The molecule has 23 heavy (non-hydrogen) atoms. The van der Waals surface area contributed by atoms with Gasteiger partial charge < -0.3 is 10.0 Å². The molecule has 0 aromatic heterocycles. The molecule has 0 aliphatic carbocycles. The highest BCUT2D eigenvalue weighted by Crippen LogP contribution is 2.23. The van der Waals surface area contributed by atoms with Crippen molar-refractivity contribution in [3.8, 4) is 0 Å². The van der Waals surface area contributed by atoms with E-state index < -0.39 is 10.9 Å².